The van der Waals surface area contributed by atoms with Gasteiger partial charge in [0.1, 0.15) is 5.82 Å². The van der Waals surface area contributed by atoms with Crippen LogP contribution in [0.15, 0.2) is 45.8 Å². The number of benzene rings is 2. The van der Waals surface area contributed by atoms with Gasteiger partial charge in [0, 0.05) is 16.2 Å². The zero-order valence-electron chi connectivity index (χ0n) is 10.4. The fraction of sp³-hybridized carbons (Fsp3) is 0. The van der Waals surface area contributed by atoms with Crippen LogP contribution in [0.2, 0.25) is 5.02 Å². The summed E-state index contributed by atoms with van der Waals surface area (Å²) in [7, 11) is 0. The molecule has 2 aromatic carbocycles. The van der Waals surface area contributed by atoms with E-state index in [9.17, 15) is 13.7 Å². The first-order valence-electron chi connectivity index (χ1n) is 5.60. The summed E-state index contributed by atoms with van der Waals surface area (Å²) in [5.41, 5.74) is 0.201. The maximum atomic E-state index is 13.8. The standard InChI is InChI=1S/C13H9BrClFN2O2S/c14-10-5-9(12(16)6-11(10)15)13(19)18-7-2-1-3-8(4-7)21(17)20/h1-6H,17H2,(H,18,19). The van der Waals surface area contributed by atoms with Crippen molar-refractivity contribution in [1.29, 1.82) is 0 Å². The molecule has 1 amide bonds. The molecule has 0 fully saturated rings. The van der Waals surface area contributed by atoms with Crippen molar-refractivity contribution in [3.8, 4) is 0 Å². The Balaban J connectivity index is 2.26. The Morgan fingerprint density at radius 1 is 1.38 bits per heavy atom. The highest BCUT2D eigenvalue weighted by atomic mass is 79.9. The van der Waals surface area contributed by atoms with Crippen LogP contribution in [0.5, 0.6) is 0 Å². The van der Waals surface area contributed by atoms with Crippen molar-refractivity contribution in [1.82, 2.24) is 0 Å². The molecule has 0 bridgehead atoms. The van der Waals surface area contributed by atoms with Gasteiger partial charge in [-0.1, -0.05) is 17.7 Å². The number of nitrogens with one attached hydrogen (secondary N) is 1. The van der Waals surface area contributed by atoms with Crippen LogP contribution in [0.25, 0.3) is 0 Å². The molecule has 8 heteroatoms. The monoisotopic (exact) mass is 390 g/mol. The SMILES string of the molecule is N[S+]([O-])c1cccc(NC(=O)c2cc(Br)c(Cl)cc2F)c1. The van der Waals surface area contributed by atoms with Crippen LogP contribution in [0, 0.1) is 5.82 Å². The van der Waals surface area contributed by atoms with Crippen LogP contribution in [0.3, 0.4) is 0 Å². The Kier molecular flexibility index (Phi) is 5.23. The van der Waals surface area contributed by atoms with Crippen LogP contribution in [0.1, 0.15) is 10.4 Å². The van der Waals surface area contributed by atoms with Gasteiger partial charge in [0.05, 0.1) is 21.9 Å². The molecular formula is C13H9BrClFN2O2S. The number of amides is 1. The molecule has 0 aliphatic rings. The maximum Gasteiger partial charge on any atom is 0.258 e. The molecule has 0 spiro atoms. The van der Waals surface area contributed by atoms with Crippen molar-refractivity contribution in [2.75, 3.05) is 5.32 Å². The Bertz CT molecular complexity index is 700. The van der Waals surface area contributed by atoms with Crippen LogP contribution in [-0.2, 0) is 11.4 Å². The van der Waals surface area contributed by atoms with E-state index in [2.05, 4.69) is 21.2 Å². The van der Waals surface area contributed by atoms with Crippen LogP contribution in [-0.4, -0.2) is 10.5 Å². The fourth-order valence-corrected chi connectivity index (χ4v) is 2.54. The molecule has 4 nitrogen and oxygen atoms in total. The van der Waals surface area contributed by atoms with E-state index in [1.807, 2.05) is 0 Å². The minimum Gasteiger partial charge on any atom is -0.593 e. The lowest BCUT2D eigenvalue weighted by molar-refractivity contribution is 0.102. The van der Waals surface area contributed by atoms with E-state index in [1.54, 1.807) is 18.2 Å². The van der Waals surface area contributed by atoms with Crippen LogP contribution in [0.4, 0.5) is 10.1 Å². The molecular weight excluding hydrogens is 383 g/mol. The first kappa shape index (κ1) is 16.3. The highest BCUT2D eigenvalue weighted by Crippen LogP contribution is 2.26. The highest BCUT2D eigenvalue weighted by molar-refractivity contribution is 9.10. The number of anilines is 1. The average Bonchev–Trinajstić information content (AvgIpc) is 2.43. The van der Waals surface area contributed by atoms with E-state index in [1.165, 1.54) is 12.1 Å². The molecule has 0 saturated carbocycles. The maximum absolute atomic E-state index is 13.8. The predicted octanol–water partition coefficient (Wildman–Crippen LogP) is 3.48. The van der Waals surface area contributed by atoms with E-state index in [4.69, 9.17) is 16.7 Å². The van der Waals surface area contributed by atoms with Gasteiger partial charge in [-0.3, -0.25) is 4.79 Å². The van der Waals surface area contributed by atoms with Crippen molar-refractivity contribution in [3.05, 3.63) is 57.3 Å². The van der Waals surface area contributed by atoms with Gasteiger partial charge in [0.2, 0.25) is 0 Å². The first-order valence-corrected chi connectivity index (χ1v) is 7.99. The minimum atomic E-state index is -1.66. The molecule has 0 radical (unpaired) electrons. The van der Waals surface area contributed by atoms with Gasteiger partial charge in [-0.15, -0.1) is 5.14 Å². The van der Waals surface area contributed by atoms with Gasteiger partial charge < -0.3 is 9.87 Å². The van der Waals surface area contributed by atoms with Gasteiger partial charge in [0.15, 0.2) is 4.90 Å². The van der Waals surface area contributed by atoms with Gasteiger partial charge in [-0.25, -0.2) is 4.39 Å². The van der Waals surface area contributed by atoms with Crippen molar-refractivity contribution in [2.45, 2.75) is 4.90 Å². The van der Waals surface area contributed by atoms with E-state index < -0.39 is 23.1 Å². The number of nitrogens with two attached hydrogens (primary N) is 1. The first-order chi connectivity index (χ1) is 9.88. The largest absolute Gasteiger partial charge is 0.593 e. The third kappa shape index (κ3) is 3.96. The number of carbonyl (C=O) groups excluding carboxylic acids is 1. The summed E-state index contributed by atoms with van der Waals surface area (Å²) in [5, 5.41) is 7.94. The second kappa shape index (κ2) is 6.76. The number of carbonyl (C=O) groups is 1. The van der Waals surface area contributed by atoms with E-state index in [0.717, 1.165) is 6.07 Å². The van der Waals surface area contributed by atoms with Gasteiger partial charge in [-0.05, 0) is 40.2 Å². The Morgan fingerprint density at radius 3 is 2.76 bits per heavy atom. The molecule has 1 atom stereocenters. The average molecular weight is 392 g/mol. The Hall–Kier alpha value is -1.12. The van der Waals surface area contributed by atoms with Crippen LogP contribution < -0.4 is 10.5 Å². The molecule has 0 heterocycles. The quantitative estimate of drug-likeness (QED) is 0.621. The lowest BCUT2D eigenvalue weighted by Gasteiger charge is -2.09. The number of hydrogen-bond donors (Lipinski definition) is 2. The number of hydrogen-bond acceptors (Lipinski definition) is 3. The second-order valence-corrected chi connectivity index (χ2v) is 6.35. The smallest absolute Gasteiger partial charge is 0.258 e. The predicted molar refractivity (Wildman–Crippen MR) is 84.1 cm³/mol. The summed E-state index contributed by atoms with van der Waals surface area (Å²) < 4.78 is 25.4. The lowest BCUT2D eigenvalue weighted by Crippen LogP contribution is -2.16. The highest BCUT2D eigenvalue weighted by Gasteiger charge is 2.15. The molecule has 2 aromatic rings. The molecule has 3 N–H and O–H groups in total. The third-order valence-corrected chi connectivity index (χ3v) is 4.49. The minimum absolute atomic E-state index is 0.162. The topological polar surface area (TPSA) is 78.2 Å². The summed E-state index contributed by atoms with van der Waals surface area (Å²) >= 11 is 7.21. The van der Waals surface area contributed by atoms with E-state index >= 15 is 0 Å². The summed E-state index contributed by atoms with van der Waals surface area (Å²) in [6, 6.07) is 8.52. The van der Waals surface area contributed by atoms with Gasteiger partial charge in [-0.2, -0.15) is 0 Å². The Labute approximate surface area is 136 Å². The Morgan fingerprint density at radius 2 is 2.10 bits per heavy atom. The summed E-state index contributed by atoms with van der Waals surface area (Å²) in [5.74, 6) is -1.39. The van der Waals surface area contributed by atoms with E-state index in [0.29, 0.717) is 15.1 Å². The lowest BCUT2D eigenvalue weighted by atomic mass is 10.2. The van der Waals surface area contributed by atoms with Gasteiger partial charge in [0.25, 0.3) is 5.91 Å². The molecule has 0 aliphatic carbocycles. The van der Waals surface area contributed by atoms with Crippen molar-refractivity contribution >= 4 is 50.5 Å². The molecule has 1 unspecified atom stereocenters. The fourth-order valence-electron chi connectivity index (χ4n) is 1.59. The molecule has 0 saturated heterocycles. The molecule has 21 heavy (non-hydrogen) atoms. The normalized spacial score (nSPS) is 12.0. The summed E-state index contributed by atoms with van der Waals surface area (Å²) in [4.78, 5) is 12.4. The third-order valence-electron chi connectivity index (χ3n) is 2.58. The summed E-state index contributed by atoms with van der Waals surface area (Å²) in [6.07, 6.45) is 0. The molecule has 0 aliphatic heterocycles. The van der Waals surface area contributed by atoms with Gasteiger partial charge >= 0.3 is 0 Å². The van der Waals surface area contributed by atoms with E-state index in [-0.39, 0.29) is 10.6 Å². The van der Waals surface area contributed by atoms with Crippen LogP contribution >= 0.6 is 27.5 Å². The van der Waals surface area contributed by atoms with Crippen molar-refractivity contribution in [3.63, 3.8) is 0 Å². The second-order valence-electron chi connectivity index (χ2n) is 4.03. The number of halogens is 3. The number of rotatable bonds is 3. The molecule has 2 rings (SSSR count). The van der Waals surface area contributed by atoms with Crippen molar-refractivity contribution < 1.29 is 13.7 Å². The zero-order chi connectivity index (χ0) is 15.6. The van der Waals surface area contributed by atoms with Crippen molar-refractivity contribution in [2.24, 2.45) is 5.14 Å². The summed E-state index contributed by atoms with van der Waals surface area (Å²) in [6.45, 7) is 0. The molecule has 110 valence electrons. The molecule has 0 aromatic heterocycles. The zero-order valence-corrected chi connectivity index (χ0v) is 13.6.